The molecular weight excluding hydrogens is 237 g/mol. The fourth-order valence-electron chi connectivity index (χ4n) is 1.82. The van der Waals surface area contributed by atoms with Crippen LogP contribution in [0.15, 0.2) is 22.6 Å². The first-order valence-corrected chi connectivity index (χ1v) is 5.32. The number of hydrogen-bond donors (Lipinski definition) is 1. The summed E-state index contributed by atoms with van der Waals surface area (Å²) in [6.07, 6.45) is 0.607. The van der Waals surface area contributed by atoms with Gasteiger partial charge in [0, 0.05) is 10.9 Å². The van der Waals surface area contributed by atoms with Gasteiger partial charge in [0.25, 0.3) is 0 Å². The molecule has 2 aromatic rings. The molecule has 1 aromatic carbocycles. The Labute approximate surface area is 114 Å². The molecule has 0 bridgehead atoms. The van der Waals surface area contributed by atoms with Crippen molar-refractivity contribution in [2.24, 2.45) is 5.92 Å². The van der Waals surface area contributed by atoms with Crippen molar-refractivity contribution in [2.45, 2.75) is 12.3 Å². The van der Waals surface area contributed by atoms with Crippen LogP contribution in [-0.4, -0.2) is 34.9 Å². The maximum atomic E-state index is 10.7. The van der Waals surface area contributed by atoms with Gasteiger partial charge in [-0.25, -0.2) is 4.98 Å². The van der Waals surface area contributed by atoms with E-state index in [1.807, 2.05) is 0 Å². The molecule has 6 heteroatoms. The van der Waals surface area contributed by atoms with Crippen molar-refractivity contribution < 1.29 is 14.3 Å². The van der Waals surface area contributed by atoms with Crippen LogP contribution in [0.5, 0.6) is 0 Å². The third kappa shape index (κ3) is 2.21. The van der Waals surface area contributed by atoms with Gasteiger partial charge in [0.05, 0.1) is 5.92 Å². The number of carbonyl (C=O) groups is 1. The molecule has 0 amide bonds. The minimum absolute atomic E-state index is 0. The normalized spacial score (nSPS) is 22.2. The SMILES string of the molecule is O=C(O)C1CC1c1nc2cc(Cl)ccc2o1.[LiH]. The van der Waals surface area contributed by atoms with Gasteiger partial charge < -0.3 is 9.52 Å². The van der Waals surface area contributed by atoms with Crippen molar-refractivity contribution in [3.8, 4) is 0 Å². The molecule has 1 fully saturated rings. The molecule has 1 N–H and O–H groups in total. The molecule has 17 heavy (non-hydrogen) atoms. The van der Waals surface area contributed by atoms with Crippen LogP contribution < -0.4 is 0 Å². The Balaban J connectivity index is 0.00000108. The van der Waals surface area contributed by atoms with Gasteiger partial charge in [-0.3, -0.25) is 4.79 Å². The van der Waals surface area contributed by atoms with Crippen LogP contribution in [0.2, 0.25) is 5.02 Å². The fraction of sp³-hybridized carbons (Fsp3) is 0.273. The summed E-state index contributed by atoms with van der Waals surface area (Å²) in [7, 11) is 0. The Bertz CT molecular complexity index is 583. The van der Waals surface area contributed by atoms with Crippen LogP contribution in [0.4, 0.5) is 0 Å². The predicted octanol–water partition coefficient (Wildman–Crippen LogP) is 2.02. The number of rotatable bonds is 2. The molecule has 1 aromatic heterocycles. The monoisotopic (exact) mass is 245 g/mol. The Kier molecular flexibility index (Phi) is 3.22. The third-order valence-corrected chi connectivity index (χ3v) is 3.03. The summed E-state index contributed by atoms with van der Waals surface area (Å²) in [6.45, 7) is 0. The second-order valence-corrected chi connectivity index (χ2v) is 4.39. The number of oxazole rings is 1. The van der Waals surface area contributed by atoms with Gasteiger partial charge >= 0.3 is 24.8 Å². The van der Waals surface area contributed by atoms with Crippen molar-refractivity contribution in [1.29, 1.82) is 0 Å². The number of halogens is 1. The fourth-order valence-corrected chi connectivity index (χ4v) is 1.98. The second-order valence-electron chi connectivity index (χ2n) is 3.95. The summed E-state index contributed by atoms with van der Waals surface area (Å²) < 4.78 is 5.49. The standard InChI is InChI=1S/C11H8ClNO3.Li.H/c12-5-1-2-9-8(3-5)13-10(16-9)6-4-7(6)11(14)15;;/h1-3,6-7H,4H2,(H,14,15);;. The van der Waals surface area contributed by atoms with Crippen molar-refractivity contribution in [2.75, 3.05) is 0 Å². The Morgan fingerprint density at radius 2 is 2.29 bits per heavy atom. The summed E-state index contributed by atoms with van der Waals surface area (Å²) in [5.74, 6) is -0.706. The maximum absolute atomic E-state index is 10.7. The first-order chi connectivity index (χ1) is 7.65. The summed E-state index contributed by atoms with van der Waals surface area (Å²) >= 11 is 5.83. The van der Waals surface area contributed by atoms with Crippen LogP contribution in [0.25, 0.3) is 11.1 Å². The van der Waals surface area contributed by atoms with E-state index in [9.17, 15) is 4.79 Å². The van der Waals surface area contributed by atoms with E-state index >= 15 is 0 Å². The Morgan fingerprint density at radius 3 is 2.94 bits per heavy atom. The molecule has 84 valence electrons. The van der Waals surface area contributed by atoms with Crippen LogP contribution in [0.1, 0.15) is 18.2 Å². The zero-order valence-electron chi connectivity index (χ0n) is 8.18. The number of hydrogen-bond acceptors (Lipinski definition) is 3. The average molecular weight is 246 g/mol. The zero-order chi connectivity index (χ0) is 11.3. The quantitative estimate of drug-likeness (QED) is 0.822. The van der Waals surface area contributed by atoms with Crippen molar-refractivity contribution >= 4 is 47.5 Å². The van der Waals surface area contributed by atoms with E-state index in [1.54, 1.807) is 18.2 Å². The molecule has 2 atom stereocenters. The van der Waals surface area contributed by atoms with Gasteiger partial charge in [0.1, 0.15) is 5.52 Å². The van der Waals surface area contributed by atoms with E-state index in [0.29, 0.717) is 28.4 Å². The number of carboxylic acid groups (broad SMARTS) is 1. The van der Waals surface area contributed by atoms with Gasteiger partial charge in [0.2, 0.25) is 0 Å². The van der Waals surface area contributed by atoms with E-state index in [4.69, 9.17) is 21.1 Å². The molecule has 1 aliphatic rings. The van der Waals surface area contributed by atoms with E-state index in [2.05, 4.69) is 4.98 Å². The van der Waals surface area contributed by atoms with E-state index in [0.717, 1.165) is 0 Å². The van der Waals surface area contributed by atoms with E-state index < -0.39 is 5.97 Å². The molecule has 1 aliphatic carbocycles. The van der Waals surface area contributed by atoms with Gasteiger partial charge in [-0.15, -0.1) is 0 Å². The number of nitrogens with zero attached hydrogens (tertiary/aromatic N) is 1. The van der Waals surface area contributed by atoms with E-state index in [1.165, 1.54) is 0 Å². The van der Waals surface area contributed by atoms with Crippen LogP contribution >= 0.6 is 11.6 Å². The topological polar surface area (TPSA) is 63.3 Å². The molecule has 0 radical (unpaired) electrons. The van der Waals surface area contributed by atoms with Gasteiger partial charge in [-0.2, -0.15) is 0 Å². The third-order valence-electron chi connectivity index (χ3n) is 2.79. The van der Waals surface area contributed by atoms with Crippen LogP contribution in [-0.2, 0) is 4.79 Å². The van der Waals surface area contributed by atoms with Gasteiger partial charge in [-0.05, 0) is 24.6 Å². The first kappa shape index (κ1) is 12.5. The second kappa shape index (κ2) is 4.38. The molecule has 0 spiro atoms. The van der Waals surface area contributed by atoms with Gasteiger partial charge in [-0.1, -0.05) is 11.6 Å². The van der Waals surface area contributed by atoms with Crippen LogP contribution in [0.3, 0.4) is 0 Å². The molecular formula is C11H9ClLiNO3. The predicted molar refractivity (Wildman–Crippen MR) is 64.7 cm³/mol. The number of benzene rings is 1. The number of fused-ring (bicyclic) bond motifs is 1. The van der Waals surface area contributed by atoms with Crippen molar-refractivity contribution in [3.05, 3.63) is 29.1 Å². The Morgan fingerprint density at radius 1 is 1.53 bits per heavy atom. The van der Waals surface area contributed by atoms with Crippen molar-refractivity contribution in [1.82, 2.24) is 4.98 Å². The first-order valence-electron chi connectivity index (χ1n) is 4.94. The molecule has 4 nitrogen and oxygen atoms in total. The summed E-state index contributed by atoms with van der Waals surface area (Å²) in [6, 6.07) is 5.18. The van der Waals surface area contributed by atoms with Gasteiger partial charge in [0.15, 0.2) is 11.5 Å². The summed E-state index contributed by atoms with van der Waals surface area (Å²) in [4.78, 5) is 15.0. The molecule has 1 saturated carbocycles. The summed E-state index contributed by atoms with van der Waals surface area (Å²) in [5, 5.41) is 9.41. The summed E-state index contributed by atoms with van der Waals surface area (Å²) in [5.41, 5.74) is 1.33. The molecule has 2 unspecified atom stereocenters. The molecule has 0 aliphatic heterocycles. The van der Waals surface area contributed by atoms with Crippen LogP contribution in [0, 0.1) is 5.92 Å². The minimum atomic E-state index is -0.787. The molecule has 0 saturated heterocycles. The van der Waals surface area contributed by atoms with Crippen molar-refractivity contribution in [3.63, 3.8) is 0 Å². The average Bonchev–Trinajstić information content (AvgIpc) is 2.93. The zero-order valence-corrected chi connectivity index (χ0v) is 8.94. The Hall–Kier alpha value is -0.953. The molecule has 1 heterocycles. The number of aromatic nitrogens is 1. The molecule has 3 rings (SSSR count). The number of aliphatic carboxylic acids is 1. The number of carboxylic acids is 1. The van der Waals surface area contributed by atoms with E-state index in [-0.39, 0.29) is 30.7 Å².